The summed E-state index contributed by atoms with van der Waals surface area (Å²) < 4.78 is 12.9. The number of rotatable bonds is 4. The Morgan fingerprint density at radius 3 is 2.35 bits per heavy atom. The van der Waals surface area contributed by atoms with Gasteiger partial charge in [-0.1, -0.05) is 36.4 Å². The summed E-state index contributed by atoms with van der Waals surface area (Å²) in [7, 11) is 0. The highest BCUT2D eigenvalue weighted by Gasteiger charge is 2.04. The summed E-state index contributed by atoms with van der Waals surface area (Å²) in [6.07, 6.45) is 1.59. The van der Waals surface area contributed by atoms with Crippen LogP contribution in [-0.2, 0) is 6.42 Å². The molecule has 0 fully saturated rings. The number of aliphatic hydroxyl groups excluding tert-OH is 1. The van der Waals surface area contributed by atoms with Crippen LogP contribution < -0.4 is 0 Å². The van der Waals surface area contributed by atoms with Gasteiger partial charge in [-0.15, -0.1) is 0 Å². The maximum atomic E-state index is 12.9. The predicted octanol–water partition coefficient (Wildman–Crippen LogP) is 3.42. The van der Waals surface area contributed by atoms with E-state index in [1.165, 1.54) is 17.7 Å². The van der Waals surface area contributed by atoms with Crippen molar-refractivity contribution in [1.29, 1.82) is 0 Å². The molecule has 0 amide bonds. The van der Waals surface area contributed by atoms with E-state index in [-0.39, 0.29) is 12.4 Å². The largest absolute Gasteiger partial charge is 0.396 e. The Balaban J connectivity index is 2.33. The van der Waals surface area contributed by atoms with E-state index < -0.39 is 0 Å². The Morgan fingerprint density at radius 2 is 1.65 bits per heavy atom. The summed E-state index contributed by atoms with van der Waals surface area (Å²) >= 11 is 0. The second-order valence-electron chi connectivity index (χ2n) is 3.99. The van der Waals surface area contributed by atoms with Crippen LogP contribution in [0, 0.1) is 5.82 Å². The molecule has 0 atom stereocenters. The lowest BCUT2D eigenvalue weighted by atomic mass is 9.97. The van der Waals surface area contributed by atoms with E-state index >= 15 is 0 Å². The van der Waals surface area contributed by atoms with Crippen molar-refractivity contribution in [3.63, 3.8) is 0 Å². The Hall–Kier alpha value is -1.67. The third-order valence-electron chi connectivity index (χ3n) is 2.78. The zero-order valence-corrected chi connectivity index (χ0v) is 9.57. The molecular formula is C15H15FO. The van der Waals surface area contributed by atoms with Crippen LogP contribution in [0.2, 0.25) is 0 Å². The van der Waals surface area contributed by atoms with Crippen LogP contribution >= 0.6 is 0 Å². The second kappa shape index (κ2) is 5.60. The van der Waals surface area contributed by atoms with E-state index in [1.54, 1.807) is 12.1 Å². The van der Waals surface area contributed by atoms with Gasteiger partial charge >= 0.3 is 0 Å². The van der Waals surface area contributed by atoms with Crippen molar-refractivity contribution in [2.24, 2.45) is 0 Å². The van der Waals surface area contributed by atoms with E-state index in [9.17, 15) is 4.39 Å². The molecule has 0 bridgehead atoms. The van der Waals surface area contributed by atoms with Gasteiger partial charge in [0.1, 0.15) is 5.82 Å². The van der Waals surface area contributed by atoms with Gasteiger partial charge < -0.3 is 5.11 Å². The molecule has 0 radical (unpaired) electrons. The molecule has 0 aromatic heterocycles. The first-order valence-electron chi connectivity index (χ1n) is 5.76. The maximum absolute atomic E-state index is 12.9. The van der Waals surface area contributed by atoms with E-state index in [0.717, 1.165) is 24.0 Å². The summed E-state index contributed by atoms with van der Waals surface area (Å²) in [5.74, 6) is -0.221. The Morgan fingerprint density at radius 1 is 0.941 bits per heavy atom. The predicted molar refractivity (Wildman–Crippen MR) is 67.2 cm³/mol. The third-order valence-corrected chi connectivity index (χ3v) is 2.78. The smallest absolute Gasteiger partial charge is 0.123 e. The van der Waals surface area contributed by atoms with Gasteiger partial charge in [0.25, 0.3) is 0 Å². The van der Waals surface area contributed by atoms with Crippen LogP contribution in [-0.4, -0.2) is 11.7 Å². The van der Waals surface area contributed by atoms with E-state index in [4.69, 9.17) is 5.11 Å². The van der Waals surface area contributed by atoms with E-state index in [2.05, 4.69) is 0 Å². The molecule has 1 nitrogen and oxygen atoms in total. The highest BCUT2D eigenvalue weighted by atomic mass is 19.1. The number of hydrogen-bond donors (Lipinski definition) is 1. The van der Waals surface area contributed by atoms with Crippen molar-refractivity contribution in [2.75, 3.05) is 6.61 Å². The molecular weight excluding hydrogens is 215 g/mol. The number of benzene rings is 2. The lowest BCUT2D eigenvalue weighted by Gasteiger charge is -2.09. The topological polar surface area (TPSA) is 20.2 Å². The van der Waals surface area contributed by atoms with Gasteiger partial charge in [-0.3, -0.25) is 0 Å². The summed E-state index contributed by atoms with van der Waals surface area (Å²) in [4.78, 5) is 0. The monoisotopic (exact) mass is 230 g/mol. The molecule has 0 heterocycles. The van der Waals surface area contributed by atoms with Crippen molar-refractivity contribution in [3.8, 4) is 11.1 Å². The van der Waals surface area contributed by atoms with E-state index in [1.807, 2.05) is 24.3 Å². The molecule has 0 aliphatic rings. The Labute approximate surface area is 101 Å². The van der Waals surface area contributed by atoms with Crippen LogP contribution in [0.5, 0.6) is 0 Å². The van der Waals surface area contributed by atoms with Gasteiger partial charge in [0, 0.05) is 6.61 Å². The van der Waals surface area contributed by atoms with Crippen molar-refractivity contribution < 1.29 is 9.50 Å². The molecule has 2 rings (SSSR count). The zero-order chi connectivity index (χ0) is 12.1. The maximum Gasteiger partial charge on any atom is 0.123 e. The summed E-state index contributed by atoms with van der Waals surface area (Å²) in [5.41, 5.74) is 3.31. The molecule has 1 N–H and O–H groups in total. The number of hydrogen-bond acceptors (Lipinski definition) is 1. The average molecular weight is 230 g/mol. The molecule has 0 aliphatic carbocycles. The van der Waals surface area contributed by atoms with Crippen LogP contribution in [0.15, 0.2) is 48.5 Å². The summed E-state index contributed by atoms with van der Waals surface area (Å²) in [5, 5.41) is 8.88. The number of aryl methyl sites for hydroxylation is 1. The minimum absolute atomic E-state index is 0.192. The van der Waals surface area contributed by atoms with Gasteiger partial charge in [0.15, 0.2) is 0 Å². The van der Waals surface area contributed by atoms with Gasteiger partial charge in [-0.05, 0) is 41.7 Å². The van der Waals surface area contributed by atoms with Crippen LogP contribution in [0.4, 0.5) is 4.39 Å². The van der Waals surface area contributed by atoms with Gasteiger partial charge in [0.2, 0.25) is 0 Å². The molecule has 0 saturated carbocycles. The van der Waals surface area contributed by atoms with Crippen LogP contribution in [0.25, 0.3) is 11.1 Å². The van der Waals surface area contributed by atoms with Gasteiger partial charge in [-0.2, -0.15) is 0 Å². The highest BCUT2D eigenvalue weighted by molar-refractivity contribution is 5.67. The average Bonchev–Trinajstić information content (AvgIpc) is 2.38. The molecule has 88 valence electrons. The number of halogens is 1. The van der Waals surface area contributed by atoms with Gasteiger partial charge in [0.05, 0.1) is 0 Å². The fourth-order valence-corrected chi connectivity index (χ4v) is 1.92. The summed E-state index contributed by atoms with van der Waals surface area (Å²) in [6.45, 7) is 0.192. The van der Waals surface area contributed by atoms with Crippen molar-refractivity contribution in [3.05, 3.63) is 59.9 Å². The van der Waals surface area contributed by atoms with Crippen LogP contribution in [0.3, 0.4) is 0 Å². The fraction of sp³-hybridized carbons (Fsp3) is 0.200. The fourth-order valence-electron chi connectivity index (χ4n) is 1.92. The molecule has 0 aliphatic heterocycles. The Bertz CT molecular complexity index is 477. The first-order chi connectivity index (χ1) is 8.31. The Kier molecular flexibility index (Phi) is 3.89. The quantitative estimate of drug-likeness (QED) is 0.853. The van der Waals surface area contributed by atoms with Crippen LogP contribution in [0.1, 0.15) is 12.0 Å². The van der Waals surface area contributed by atoms with Crippen molar-refractivity contribution >= 4 is 0 Å². The minimum Gasteiger partial charge on any atom is -0.396 e. The lowest BCUT2D eigenvalue weighted by Crippen LogP contribution is -1.93. The van der Waals surface area contributed by atoms with E-state index in [0.29, 0.717) is 0 Å². The molecule has 0 saturated heterocycles. The minimum atomic E-state index is -0.221. The SMILES string of the molecule is OCCCc1ccccc1-c1ccc(F)cc1. The lowest BCUT2D eigenvalue weighted by molar-refractivity contribution is 0.288. The molecule has 2 heteroatoms. The normalized spacial score (nSPS) is 10.5. The first kappa shape index (κ1) is 11.8. The molecule has 0 spiro atoms. The molecule has 2 aromatic carbocycles. The third kappa shape index (κ3) is 2.92. The number of aliphatic hydroxyl groups is 1. The highest BCUT2D eigenvalue weighted by Crippen LogP contribution is 2.24. The van der Waals surface area contributed by atoms with Gasteiger partial charge in [-0.25, -0.2) is 4.39 Å². The van der Waals surface area contributed by atoms with Crippen molar-refractivity contribution in [1.82, 2.24) is 0 Å². The molecule has 0 unspecified atom stereocenters. The molecule has 17 heavy (non-hydrogen) atoms. The standard InChI is InChI=1S/C15H15FO/c16-14-9-7-13(8-10-14)15-6-2-1-4-12(15)5-3-11-17/h1-2,4,6-10,17H,3,5,11H2. The van der Waals surface area contributed by atoms with Crippen molar-refractivity contribution in [2.45, 2.75) is 12.8 Å². The second-order valence-corrected chi connectivity index (χ2v) is 3.99. The zero-order valence-electron chi connectivity index (χ0n) is 9.57. The first-order valence-corrected chi connectivity index (χ1v) is 5.76. The summed E-state index contributed by atoms with van der Waals surface area (Å²) in [6, 6.07) is 14.5. The molecule has 2 aromatic rings.